The van der Waals surface area contributed by atoms with E-state index in [1.54, 1.807) is 97.7 Å². The van der Waals surface area contributed by atoms with Gasteiger partial charge in [-0.3, -0.25) is 20.0 Å². The van der Waals surface area contributed by atoms with Gasteiger partial charge >= 0.3 is 34.1 Å². The predicted octanol–water partition coefficient (Wildman–Crippen LogP) is 17.7. The first kappa shape index (κ1) is 98.2. The molecule has 18 heteroatoms. The van der Waals surface area contributed by atoms with E-state index in [4.69, 9.17) is 23.7 Å². The van der Waals surface area contributed by atoms with Crippen molar-refractivity contribution in [1.29, 1.82) is 10.5 Å². The van der Waals surface area contributed by atoms with Crippen molar-refractivity contribution >= 4 is 99.0 Å². The summed E-state index contributed by atoms with van der Waals surface area (Å²) in [6.45, 7) is 11.6. The molecule has 0 heterocycles. The zero-order chi connectivity index (χ0) is 77.5. The maximum absolute atomic E-state index is 9.54. The minimum absolute atomic E-state index is 0. The fourth-order valence-corrected chi connectivity index (χ4v) is 23.7. The van der Waals surface area contributed by atoms with Crippen LogP contribution in [0.2, 0.25) is 0 Å². The molecule has 0 aliphatic heterocycles. The van der Waals surface area contributed by atoms with Gasteiger partial charge in [-0.15, -0.1) is 0 Å². The first-order valence-corrected chi connectivity index (χ1v) is 43.0. The molecule has 14 rings (SSSR count). The standard InChI is InChI=1S/2C26H24P2.2C16H16N2O2.2C5H5.2CN.4Fe/c2*1-5-13-23(14-6-1)27(24-15-7-2-8-16-24)21-22-28(25-17-9-3-10-18-25)26-19-11-4-12-20-26;2*19-15-7-3-1-5-13(15)11-17-9-10-18-12-14-6-2-4-8-16(14)20;2*1-2-4-5-3-1;2*1-2;;;;/h2*1-20H,21-22H2;2*1-8,11-12,19-20H,9-10H2;2*1-5H;;;;;;/q;;;;-5;3*-1;;;2*+6/p+4. The molecule has 0 saturated carbocycles. The molecule has 0 spiro atoms. The summed E-state index contributed by atoms with van der Waals surface area (Å²) in [5.41, 5.74) is 2.77. The van der Waals surface area contributed by atoms with E-state index in [-0.39, 0.29) is 91.3 Å². The van der Waals surface area contributed by atoms with E-state index in [0.717, 1.165) is 0 Å². The number of hydrogen-bond acceptors (Lipinski definition) is 10. The van der Waals surface area contributed by atoms with Crippen LogP contribution in [0.1, 0.15) is 22.3 Å². The monoisotopic (exact) mass is 1740 g/mol. The maximum Gasteiger partial charge on any atom is 6.00 e. The maximum atomic E-state index is 9.54. The third kappa shape index (κ3) is 36.9. The van der Waals surface area contributed by atoms with Crippen molar-refractivity contribution in [3.05, 3.63) is 436 Å². The zero-order valence-corrected chi connectivity index (χ0v) is 71.4. The van der Waals surface area contributed by atoms with Crippen molar-refractivity contribution in [1.82, 2.24) is 0 Å². The van der Waals surface area contributed by atoms with Gasteiger partial charge in [-0.1, -0.05) is 194 Å². The molecule has 0 aromatic heterocycles. The van der Waals surface area contributed by atoms with Gasteiger partial charge in [-0.05, 0) is 146 Å². The number of aromatic hydroxyl groups is 4. The van der Waals surface area contributed by atoms with Crippen molar-refractivity contribution in [3.8, 4) is 23.0 Å². The van der Waals surface area contributed by atoms with E-state index in [0.29, 0.717) is 48.4 Å². The smallest absolute Gasteiger partial charge is 0.748 e. The van der Waals surface area contributed by atoms with Gasteiger partial charge in [-0.25, -0.2) is 12.1 Å². The molecule has 10 nitrogen and oxygen atoms in total. The second-order valence-electron chi connectivity index (χ2n) is 24.1. The van der Waals surface area contributed by atoms with Crippen molar-refractivity contribution < 1.29 is 88.7 Å². The number of nitrogens with zero attached hydrogens (tertiary/aromatic N) is 6. The molecule has 0 bridgehead atoms. The van der Waals surface area contributed by atoms with Gasteiger partial charge < -0.3 is 74.4 Å². The summed E-state index contributed by atoms with van der Waals surface area (Å²) < 4.78 is 0. The fraction of sp³-hybridized carbons (Fsp3) is 0.0833. The van der Waals surface area contributed by atoms with Crippen LogP contribution in [-0.4, -0.2) is 96.1 Å². The van der Waals surface area contributed by atoms with Gasteiger partial charge in [0.1, 0.15) is 47.6 Å². The Labute approximate surface area is 721 Å². The number of hydrogen-bond donors (Lipinski definition) is 4. The van der Waals surface area contributed by atoms with Crippen LogP contribution in [-0.2, 0) is 68.3 Å². The minimum Gasteiger partial charge on any atom is -0.748 e. The number of aliphatic imine (C=N–C) groups is 4. The van der Waals surface area contributed by atoms with E-state index < -0.39 is 31.7 Å². The molecule has 4 N–H and O–H groups in total. The summed E-state index contributed by atoms with van der Waals surface area (Å²) in [5.74, 6) is 0.867. The summed E-state index contributed by atoms with van der Waals surface area (Å²) in [5, 5.41) is 62.8. The van der Waals surface area contributed by atoms with Crippen molar-refractivity contribution in [3.63, 3.8) is 0 Å². The molecule has 0 unspecified atom stereocenters. The Morgan fingerprint density at radius 3 is 0.526 bits per heavy atom. The first-order chi connectivity index (χ1) is 54.4. The number of para-hydroxylation sites is 4. The molecule has 0 atom stereocenters. The van der Waals surface area contributed by atoms with Crippen LogP contribution in [0.3, 0.4) is 0 Å². The topological polar surface area (TPSA) is 178 Å². The Bertz CT molecular complexity index is 4080. The minimum atomic E-state index is -0.783. The average molecular weight is 1740 g/mol. The Balaban J connectivity index is 0.000000370. The largest absolute Gasteiger partial charge is 6.00 e. The van der Waals surface area contributed by atoms with Crippen LogP contribution in [0.5, 0.6) is 23.0 Å². The Morgan fingerprint density at radius 2 is 0.386 bits per heavy atom. The number of phenolic OH excluding ortho intramolecular Hbond substituents is 4. The molecule has 0 aliphatic rings. The van der Waals surface area contributed by atoms with Gasteiger partial charge in [0.15, 0.2) is 0 Å². The summed E-state index contributed by atoms with van der Waals surface area (Å²) >= 11 is 0. The van der Waals surface area contributed by atoms with E-state index in [1.165, 1.54) is 67.1 Å². The Morgan fingerprint density at radius 1 is 0.237 bits per heavy atom. The van der Waals surface area contributed by atoms with Crippen LogP contribution < -0.4 is 42.4 Å². The van der Waals surface area contributed by atoms with Gasteiger partial charge in [0.25, 0.3) is 0 Å². The second-order valence-corrected chi connectivity index (χ2v) is 34.6. The van der Waals surface area contributed by atoms with E-state index in [2.05, 4.69) is 263 Å². The van der Waals surface area contributed by atoms with Crippen LogP contribution in [0.15, 0.2) is 420 Å². The van der Waals surface area contributed by atoms with E-state index >= 15 is 0 Å². The fourth-order valence-electron chi connectivity index (χ4n) is 11.3. The number of benzene rings is 12. The predicted molar refractivity (Wildman–Crippen MR) is 478 cm³/mol. The van der Waals surface area contributed by atoms with Crippen LogP contribution >= 0.6 is 31.7 Å². The second kappa shape index (κ2) is 61.5. The normalized spacial score (nSPS) is 10.2. The number of phenols is 4. The van der Waals surface area contributed by atoms with Crippen LogP contribution in [0.25, 0.3) is 0 Å². The molecule has 576 valence electrons. The summed E-state index contributed by atoms with van der Waals surface area (Å²) in [7, 11) is -3.13. The van der Waals surface area contributed by atoms with E-state index in [1.807, 2.05) is 84.9 Å². The third-order valence-corrected chi connectivity index (χ3v) is 29.0. The summed E-state index contributed by atoms with van der Waals surface area (Å²) in [6.07, 6.45) is 11.6. The van der Waals surface area contributed by atoms with E-state index in [9.17, 15) is 20.4 Å². The quantitative estimate of drug-likeness (QED) is 0.0154. The van der Waals surface area contributed by atoms with Crippen molar-refractivity contribution in [2.24, 2.45) is 20.0 Å². The molecule has 0 saturated heterocycles. The molecule has 0 fully saturated rings. The molecule has 14 aromatic carbocycles. The molecule has 0 aliphatic carbocycles. The zero-order valence-electron chi connectivity index (χ0n) is 63.0. The van der Waals surface area contributed by atoms with Crippen molar-refractivity contribution in [2.75, 3.05) is 50.8 Å². The Hall–Kier alpha value is -10.0. The molecule has 0 radical (unpaired) electrons. The van der Waals surface area contributed by atoms with Gasteiger partial charge in [0, 0.05) is 81.2 Å². The SMILES string of the molecule is Oc1ccccc1C=NCCN=Cc1ccccc1O.Oc1ccccc1C=NCCN=Cc1ccccc1O.[C-]#N.[C-]#N.[Fe+6].[Fe+6].[Fe].[Fe].[cH-]1[cH-][cH-][cH-][cH-]1.c1cc[cH-]c1.c1ccc([PH+](CC[PH+](c2ccccc2)c2ccccc2)c2ccccc2)cc1.c1ccc([PH+](CC[PH+](c2ccccc2)c2ccccc2)c2ccccc2)cc1. The van der Waals surface area contributed by atoms with Gasteiger partial charge in [-0.2, -0.15) is 18.2 Å². The van der Waals surface area contributed by atoms with Crippen molar-refractivity contribution in [2.45, 2.75) is 0 Å². The van der Waals surface area contributed by atoms with Gasteiger partial charge in [0.05, 0.1) is 100 Å². The average Bonchev–Trinajstić information content (AvgIpc) is 0.932. The molecule has 114 heavy (non-hydrogen) atoms. The molecule has 14 aromatic rings. The third-order valence-electron chi connectivity index (χ3n) is 16.7. The first-order valence-electron chi connectivity index (χ1n) is 36.1. The van der Waals surface area contributed by atoms with Gasteiger partial charge in [0.2, 0.25) is 0 Å². The summed E-state index contributed by atoms with van der Waals surface area (Å²) in [6, 6.07) is 137. The van der Waals surface area contributed by atoms with Crippen LogP contribution in [0.4, 0.5) is 0 Å². The Kier molecular flexibility index (Phi) is 53.0. The molecule has 0 amide bonds. The summed E-state index contributed by atoms with van der Waals surface area (Å²) in [4.78, 5) is 16.8. The number of rotatable bonds is 24. The van der Waals surface area contributed by atoms with Crippen LogP contribution in [0, 0.1) is 23.7 Å². The molecular weight excluding hydrogens is 1650 g/mol. The molecular formula is C96H94Fe4N6O4P4+8.